The fraction of sp³-hybridized carbons (Fsp3) is 0.714. The summed E-state index contributed by atoms with van der Waals surface area (Å²) >= 11 is 0. The third-order valence-corrected chi connectivity index (χ3v) is 8.03. The number of fused-ring (bicyclic) bond motifs is 2. The number of nitriles is 1. The molecule has 33 heavy (non-hydrogen) atoms. The van der Waals surface area contributed by atoms with Gasteiger partial charge in [0.1, 0.15) is 12.1 Å². The number of nitrogens with zero attached hydrogens (tertiary/aromatic N) is 3. The molecule has 0 aromatic carbocycles. The third-order valence-electron chi connectivity index (χ3n) is 5.92. The zero-order valence-electron chi connectivity index (χ0n) is 19.8. The summed E-state index contributed by atoms with van der Waals surface area (Å²) in [5.41, 5.74) is -2.05. The van der Waals surface area contributed by atoms with E-state index >= 15 is 0 Å². The van der Waals surface area contributed by atoms with Gasteiger partial charge in [-0.05, 0) is 41.0 Å². The van der Waals surface area contributed by atoms with Crippen LogP contribution in [0.1, 0.15) is 59.3 Å². The number of rotatable bonds is 10. The van der Waals surface area contributed by atoms with E-state index in [1.54, 1.807) is 6.92 Å². The second kappa shape index (κ2) is 10.0. The number of carbonyl (C=O) groups is 1. The van der Waals surface area contributed by atoms with E-state index in [2.05, 4.69) is 21.0 Å². The highest BCUT2D eigenvalue weighted by atomic mass is 31.2. The van der Waals surface area contributed by atoms with Crippen molar-refractivity contribution in [3.63, 3.8) is 0 Å². The van der Waals surface area contributed by atoms with Gasteiger partial charge in [-0.1, -0.05) is 6.92 Å². The molecule has 1 aromatic heterocycles. The molecule has 182 valence electrons. The Balaban J connectivity index is 1.98. The van der Waals surface area contributed by atoms with Crippen LogP contribution in [-0.4, -0.2) is 56.6 Å². The summed E-state index contributed by atoms with van der Waals surface area (Å²) in [6.45, 7) is 11.7. The third kappa shape index (κ3) is 4.63. The van der Waals surface area contributed by atoms with Crippen molar-refractivity contribution < 1.29 is 18.6 Å². The van der Waals surface area contributed by atoms with Crippen molar-refractivity contribution in [3.8, 4) is 6.07 Å². The van der Waals surface area contributed by atoms with Crippen molar-refractivity contribution in [2.24, 2.45) is 0 Å². The zero-order chi connectivity index (χ0) is 24.5. The lowest BCUT2D eigenvalue weighted by Gasteiger charge is -2.38. The maximum Gasteiger partial charge on any atom is 0.330 e. The molecule has 3 heterocycles. The molecule has 0 radical (unpaired) electrons. The van der Waals surface area contributed by atoms with Gasteiger partial charge in [0.2, 0.25) is 0 Å². The van der Waals surface area contributed by atoms with Crippen LogP contribution < -0.4 is 16.6 Å². The minimum Gasteiger partial charge on any atom is -0.343 e. The van der Waals surface area contributed by atoms with Crippen molar-refractivity contribution in [1.82, 2.24) is 19.5 Å². The summed E-state index contributed by atoms with van der Waals surface area (Å²) in [6.07, 6.45) is 0.380. The summed E-state index contributed by atoms with van der Waals surface area (Å²) in [4.78, 5) is 39.6. The molecule has 2 aliphatic rings. The van der Waals surface area contributed by atoms with Gasteiger partial charge in [0.25, 0.3) is 20.0 Å². The molecule has 1 aromatic rings. The summed E-state index contributed by atoms with van der Waals surface area (Å²) in [6, 6.07) is 1.57. The van der Waals surface area contributed by atoms with Crippen LogP contribution in [0.15, 0.2) is 15.8 Å². The van der Waals surface area contributed by atoms with E-state index in [4.69, 9.17) is 19.0 Å². The van der Waals surface area contributed by atoms with Crippen LogP contribution in [0.3, 0.4) is 0 Å². The van der Waals surface area contributed by atoms with Crippen molar-refractivity contribution in [3.05, 3.63) is 32.6 Å². The number of hydrogen-bond donors (Lipinski definition) is 2. The molecule has 2 N–H and O–H groups in total. The predicted molar refractivity (Wildman–Crippen MR) is 121 cm³/mol. The molecular formula is C21H32N5O6P. The van der Waals surface area contributed by atoms with Crippen LogP contribution in [0.2, 0.25) is 0 Å². The first-order chi connectivity index (χ1) is 15.6. The number of morpholine rings is 1. The standard InChI is InChI=1S/C21H32N5O6P/c1-7-21-16(32-33(30-10-8-9-22)26(12(2)3)13(4)5)15(23-19(21)28)18(31-21)25-11-14(6)17(27)24-20(25)29/h11-13,15-16,18H,7-8,10H2,1-6H3,(H,23,28)(H,24,27,29)/t15-,16?,18+,21+,33?/m0/s1. The first-order valence-corrected chi connectivity index (χ1v) is 12.3. The van der Waals surface area contributed by atoms with Crippen LogP contribution in [0.5, 0.6) is 0 Å². The molecule has 0 saturated carbocycles. The second-order valence-corrected chi connectivity index (χ2v) is 10.2. The quantitative estimate of drug-likeness (QED) is 0.380. The lowest BCUT2D eigenvalue weighted by molar-refractivity contribution is -0.162. The number of carbonyl (C=O) groups excluding carboxylic acids is 1. The van der Waals surface area contributed by atoms with E-state index in [0.29, 0.717) is 12.0 Å². The van der Waals surface area contributed by atoms with E-state index < -0.39 is 43.7 Å². The maximum atomic E-state index is 12.9. The van der Waals surface area contributed by atoms with Crippen LogP contribution in [0.25, 0.3) is 0 Å². The average molecular weight is 481 g/mol. The molecule has 0 spiro atoms. The highest BCUT2D eigenvalue weighted by molar-refractivity contribution is 7.44. The summed E-state index contributed by atoms with van der Waals surface area (Å²) in [7, 11) is -1.64. The molecule has 0 aliphatic carbocycles. The van der Waals surface area contributed by atoms with E-state index in [1.165, 1.54) is 10.8 Å². The largest absolute Gasteiger partial charge is 0.343 e. The lowest BCUT2D eigenvalue weighted by atomic mass is 9.96. The topological polar surface area (TPSA) is 139 Å². The van der Waals surface area contributed by atoms with Crippen molar-refractivity contribution >= 4 is 14.4 Å². The summed E-state index contributed by atoms with van der Waals surface area (Å²) in [5, 5.41) is 11.9. The molecular weight excluding hydrogens is 449 g/mol. The van der Waals surface area contributed by atoms with Gasteiger partial charge in [-0.15, -0.1) is 0 Å². The molecule has 2 unspecified atom stereocenters. The Morgan fingerprint density at radius 3 is 2.55 bits per heavy atom. The number of amides is 1. The summed E-state index contributed by atoms with van der Waals surface area (Å²) in [5.74, 6) is -0.307. The van der Waals surface area contributed by atoms with E-state index in [0.717, 1.165) is 0 Å². The monoisotopic (exact) mass is 481 g/mol. The Bertz CT molecular complexity index is 1030. The van der Waals surface area contributed by atoms with Gasteiger partial charge in [-0.25, -0.2) is 9.46 Å². The maximum absolute atomic E-state index is 12.9. The Kier molecular flexibility index (Phi) is 7.76. The van der Waals surface area contributed by atoms with Crippen LogP contribution in [-0.2, 0) is 18.6 Å². The number of H-pyrrole nitrogens is 1. The molecule has 1 amide bonds. The minimum absolute atomic E-state index is 0.0830. The Labute approximate surface area is 194 Å². The lowest BCUT2D eigenvalue weighted by Crippen LogP contribution is -2.50. The molecule has 2 fully saturated rings. The molecule has 5 atom stereocenters. The highest BCUT2D eigenvalue weighted by Gasteiger charge is 2.67. The number of aryl methyl sites for hydroxylation is 1. The van der Waals surface area contributed by atoms with Crippen LogP contribution >= 0.6 is 8.53 Å². The van der Waals surface area contributed by atoms with Gasteiger partial charge in [0.05, 0.1) is 19.1 Å². The fourth-order valence-electron chi connectivity index (χ4n) is 4.39. The fourth-order valence-corrected chi connectivity index (χ4v) is 6.19. The van der Waals surface area contributed by atoms with Gasteiger partial charge in [-0.3, -0.25) is 19.1 Å². The highest BCUT2D eigenvalue weighted by Crippen LogP contribution is 2.54. The zero-order valence-corrected chi connectivity index (χ0v) is 20.7. The molecule has 2 aliphatic heterocycles. The van der Waals surface area contributed by atoms with Crippen molar-refractivity contribution in [2.45, 2.75) is 90.4 Å². The number of aromatic amines is 1. The number of aromatic nitrogens is 2. The van der Waals surface area contributed by atoms with Crippen LogP contribution in [0, 0.1) is 18.3 Å². The molecule has 2 saturated heterocycles. The minimum atomic E-state index is -1.64. The van der Waals surface area contributed by atoms with Crippen LogP contribution in [0.4, 0.5) is 0 Å². The number of nitrogens with one attached hydrogen (secondary N) is 2. The molecule has 2 bridgehead atoms. The number of ether oxygens (including phenoxy) is 1. The normalized spacial score (nSPS) is 27.4. The molecule has 11 nitrogen and oxygen atoms in total. The van der Waals surface area contributed by atoms with E-state index in [1.807, 2.05) is 34.6 Å². The first kappa shape index (κ1) is 25.5. The second-order valence-electron chi connectivity index (χ2n) is 8.80. The van der Waals surface area contributed by atoms with E-state index in [-0.39, 0.29) is 31.0 Å². The summed E-state index contributed by atoms with van der Waals surface area (Å²) < 4.78 is 22.1. The first-order valence-electron chi connectivity index (χ1n) is 11.1. The van der Waals surface area contributed by atoms with Gasteiger partial charge in [0, 0.05) is 23.8 Å². The van der Waals surface area contributed by atoms with Crippen molar-refractivity contribution in [1.29, 1.82) is 5.26 Å². The smallest absolute Gasteiger partial charge is 0.330 e. The number of hydrogen-bond acceptors (Lipinski definition) is 8. The van der Waals surface area contributed by atoms with Gasteiger partial charge < -0.3 is 19.1 Å². The Hall–Kier alpha value is -2.09. The predicted octanol–water partition coefficient (Wildman–Crippen LogP) is 1.68. The molecule has 12 heteroatoms. The van der Waals surface area contributed by atoms with Gasteiger partial charge >= 0.3 is 5.69 Å². The Morgan fingerprint density at radius 1 is 1.30 bits per heavy atom. The van der Waals surface area contributed by atoms with Gasteiger partial charge in [-0.2, -0.15) is 5.26 Å². The molecule has 3 rings (SSSR count). The van der Waals surface area contributed by atoms with Crippen molar-refractivity contribution in [2.75, 3.05) is 6.61 Å². The van der Waals surface area contributed by atoms with Gasteiger partial charge in [0.15, 0.2) is 11.8 Å². The Morgan fingerprint density at radius 2 is 1.97 bits per heavy atom. The van der Waals surface area contributed by atoms with E-state index in [9.17, 15) is 14.4 Å². The SMILES string of the molecule is CC[C@]12O[C@@H](n3cc(C)c(=O)[nH]c3=O)[C@@H](NC1=O)C2OP(OCCC#N)N(C(C)C)C(C)C. The average Bonchev–Trinajstić information content (AvgIpc) is 3.18.